The topological polar surface area (TPSA) is 90.7 Å². The van der Waals surface area contributed by atoms with Crippen LogP contribution in [0.1, 0.15) is 21.6 Å². The number of aromatic nitrogens is 2. The molecule has 0 aliphatic carbocycles. The Morgan fingerprint density at radius 2 is 1.88 bits per heavy atom. The van der Waals surface area contributed by atoms with Crippen LogP contribution in [0.5, 0.6) is 0 Å². The van der Waals surface area contributed by atoms with E-state index in [9.17, 15) is 9.18 Å². The Kier molecular flexibility index (Phi) is 5.15. The van der Waals surface area contributed by atoms with Crippen LogP contribution in [0.25, 0.3) is 0 Å². The van der Waals surface area contributed by atoms with Crippen LogP contribution in [-0.4, -0.2) is 15.9 Å². The number of anilines is 2. The number of halogens is 1. The Morgan fingerprint density at radius 3 is 2.62 bits per heavy atom. The fraction of sp³-hybridized carbons (Fsp3) is 0.0526. The van der Waals surface area contributed by atoms with Gasteiger partial charge in [0.2, 0.25) is 0 Å². The maximum absolute atomic E-state index is 13.6. The lowest BCUT2D eigenvalue weighted by Crippen LogP contribution is -2.24. The summed E-state index contributed by atoms with van der Waals surface area (Å²) in [5.74, 6) is -0.377. The summed E-state index contributed by atoms with van der Waals surface area (Å²) in [6.07, 6.45) is 1.27. The van der Waals surface area contributed by atoms with Crippen molar-refractivity contribution < 1.29 is 9.18 Å². The Balaban J connectivity index is 1.67. The van der Waals surface area contributed by atoms with E-state index < -0.39 is 5.91 Å². The first-order chi connectivity index (χ1) is 12.7. The van der Waals surface area contributed by atoms with Gasteiger partial charge in [-0.3, -0.25) is 4.79 Å². The minimum atomic E-state index is -0.432. The van der Waals surface area contributed by atoms with Crippen LogP contribution in [0.4, 0.5) is 15.9 Å². The highest BCUT2D eigenvalue weighted by Gasteiger charge is 2.10. The number of nitriles is 1. The first-order valence-electron chi connectivity index (χ1n) is 7.76. The van der Waals surface area contributed by atoms with E-state index in [1.165, 1.54) is 18.5 Å². The lowest BCUT2D eigenvalue weighted by molar-refractivity contribution is 0.0945. The number of hydrogen-bond donors (Lipinski definition) is 2. The van der Waals surface area contributed by atoms with Gasteiger partial charge in [0.05, 0.1) is 11.6 Å². The van der Waals surface area contributed by atoms with E-state index in [2.05, 4.69) is 20.6 Å². The molecule has 2 aromatic carbocycles. The van der Waals surface area contributed by atoms with Crippen molar-refractivity contribution in [2.24, 2.45) is 0 Å². The molecule has 2 N–H and O–H groups in total. The number of amides is 1. The van der Waals surface area contributed by atoms with Gasteiger partial charge in [-0.15, -0.1) is 0 Å². The van der Waals surface area contributed by atoms with Crippen molar-refractivity contribution in [1.29, 1.82) is 5.26 Å². The zero-order chi connectivity index (χ0) is 18.4. The quantitative estimate of drug-likeness (QED) is 0.740. The van der Waals surface area contributed by atoms with E-state index >= 15 is 0 Å². The molecule has 1 amide bonds. The number of benzene rings is 2. The van der Waals surface area contributed by atoms with Crippen LogP contribution >= 0.6 is 0 Å². The third-order valence-electron chi connectivity index (χ3n) is 3.58. The van der Waals surface area contributed by atoms with Gasteiger partial charge in [-0.05, 0) is 30.3 Å². The van der Waals surface area contributed by atoms with Crippen molar-refractivity contribution in [2.75, 3.05) is 5.32 Å². The SMILES string of the molecule is N#Cc1ccc(Nc2cc(C(=O)NCc3ccccc3F)ncn2)cc1. The highest BCUT2D eigenvalue weighted by atomic mass is 19.1. The number of rotatable bonds is 5. The second-order valence-corrected chi connectivity index (χ2v) is 5.38. The fourth-order valence-electron chi connectivity index (χ4n) is 2.23. The van der Waals surface area contributed by atoms with Gasteiger partial charge >= 0.3 is 0 Å². The third-order valence-corrected chi connectivity index (χ3v) is 3.58. The van der Waals surface area contributed by atoms with Gasteiger partial charge in [-0.1, -0.05) is 18.2 Å². The lowest BCUT2D eigenvalue weighted by Gasteiger charge is -2.08. The largest absolute Gasteiger partial charge is 0.347 e. The molecular formula is C19H14FN5O. The molecule has 26 heavy (non-hydrogen) atoms. The number of nitrogens with one attached hydrogen (secondary N) is 2. The molecule has 1 aromatic heterocycles. The molecule has 3 aromatic rings. The molecule has 0 saturated carbocycles. The van der Waals surface area contributed by atoms with E-state index in [-0.39, 0.29) is 18.1 Å². The highest BCUT2D eigenvalue weighted by molar-refractivity contribution is 5.92. The third kappa shape index (κ3) is 4.19. The molecule has 128 valence electrons. The van der Waals surface area contributed by atoms with Crippen molar-refractivity contribution >= 4 is 17.4 Å². The van der Waals surface area contributed by atoms with E-state index in [1.54, 1.807) is 42.5 Å². The zero-order valence-corrected chi connectivity index (χ0v) is 13.6. The van der Waals surface area contributed by atoms with Crippen LogP contribution in [-0.2, 0) is 6.54 Å². The second-order valence-electron chi connectivity index (χ2n) is 5.38. The maximum Gasteiger partial charge on any atom is 0.270 e. The van der Waals surface area contributed by atoms with E-state index in [4.69, 9.17) is 5.26 Å². The minimum absolute atomic E-state index is 0.0634. The number of hydrogen-bond acceptors (Lipinski definition) is 5. The maximum atomic E-state index is 13.6. The highest BCUT2D eigenvalue weighted by Crippen LogP contribution is 2.15. The molecule has 0 saturated heterocycles. The standard InChI is InChI=1S/C19H14FN5O/c20-16-4-2-1-3-14(16)11-22-19(26)17-9-18(24-12-23-17)25-15-7-5-13(10-21)6-8-15/h1-9,12H,11H2,(H,22,26)(H,23,24,25). The molecule has 1 heterocycles. The summed E-state index contributed by atoms with van der Waals surface area (Å²) < 4.78 is 13.6. The predicted octanol–water partition coefficient (Wildman–Crippen LogP) is 3.16. The molecule has 0 unspecified atom stereocenters. The molecule has 0 aliphatic heterocycles. The van der Waals surface area contributed by atoms with E-state index in [0.29, 0.717) is 16.9 Å². The van der Waals surface area contributed by atoms with Crippen molar-refractivity contribution in [3.63, 3.8) is 0 Å². The van der Waals surface area contributed by atoms with Crippen molar-refractivity contribution in [3.8, 4) is 6.07 Å². The summed E-state index contributed by atoms with van der Waals surface area (Å²) >= 11 is 0. The fourth-order valence-corrected chi connectivity index (χ4v) is 2.23. The van der Waals surface area contributed by atoms with Gasteiger partial charge < -0.3 is 10.6 Å². The van der Waals surface area contributed by atoms with Crippen LogP contribution in [0.3, 0.4) is 0 Å². The van der Waals surface area contributed by atoms with Crippen LogP contribution in [0, 0.1) is 17.1 Å². The Bertz CT molecular complexity index is 966. The molecule has 0 radical (unpaired) electrons. The van der Waals surface area contributed by atoms with E-state index in [1.807, 2.05) is 6.07 Å². The summed E-state index contributed by atoms with van der Waals surface area (Å²) in [4.78, 5) is 20.2. The van der Waals surface area contributed by atoms with Gasteiger partial charge in [0.25, 0.3) is 5.91 Å². The molecule has 0 aliphatic rings. The number of nitrogens with zero attached hydrogens (tertiary/aromatic N) is 3. The van der Waals surface area contributed by atoms with Crippen LogP contribution < -0.4 is 10.6 Å². The molecule has 0 fully saturated rings. The summed E-state index contributed by atoms with van der Waals surface area (Å²) in [5.41, 5.74) is 1.82. The summed E-state index contributed by atoms with van der Waals surface area (Å²) in [6, 6.07) is 16.6. The van der Waals surface area contributed by atoms with Gasteiger partial charge in [-0.25, -0.2) is 14.4 Å². The molecule has 0 spiro atoms. The van der Waals surface area contributed by atoms with Gasteiger partial charge in [0.1, 0.15) is 23.7 Å². The Labute approximate surface area is 149 Å². The number of carbonyl (C=O) groups is 1. The van der Waals surface area contributed by atoms with Gasteiger partial charge in [0, 0.05) is 23.9 Å². The first kappa shape index (κ1) is 17.0. The van der Waals surface area contributed by atoms with Crippen LogP contribution in [0.15, 0.2) is 60.9 Å². The molecule has 0 bridgehead atoms. The zero-order valence-electron chi connectivity index (χ0n) is 13.6. The monoisotopic (exact) mass is 347 g/mol. The molecule has 3 rings (SSSR count). The molecular weight excluding hydrogens is 333 g/mol. The normalized spacial score (nSPS) is 10.0. The average molecular weight is 347 g/mol. The molecule has 7 heteroatoms. The predicted molar refractivity (Wildman–Crippen MR) is 94.0 cm³/mol. The smallest absolute Gasteiger partial charge is 0.270 e. The van der Waals surface area contributed by atoms with Gasteiger partial charge in [0.15, 0.2) is 0 Å². The average Bonchev–Trinajstić information content (AvgIpc) is 2.68. The summed E-state index contributed by atoms with van der Waals surface area (Å²) in [6.45, 7) is 0.0634. The Morgan fingerprint density at radius 1 is 1.12 bits per heavy atom. The Hall–Kier alpha value is -3.79. The van der Waals surface area contributed by atoms with Gasteiger partial charge in [-0.2, -0.15) is 5.26 Å². The second kappa shape index (κ2) is 7.85. The van der Waals surface area contributed by atoms with Crippen molar-refractivity contribution in [2.45, 2.75) is 6.54 Å². The lowest BCUT2D eigenvalue weighted by atomic mass is 10.2. The summed E-state index contributed by atoms with van der Waals surface area (Å²) in [7, 11) is 0. The first-order valence-corrected chi connectivity index (χ1v) is 7.76. The van der Waals surface area contributed by atoms with Crippen LogP contribution in [0.2, 0.25) is 0 Å². The van der Waals surface area contributed by atoms with E-state index in [0.717, 1.165) is 5.69 Å². The molecule has 0 atom stereocenters. The van der Waals surface area contributed by atoms with Crippen molar-refractivity contribution in [1.82, 2.24) is 15.3 Å². The number of carbonyl (C=O) groups excluding carboxylic acids is 1. The molecule has 6 nitrogen and oxygen atoms in total. The summed E-state index contributed by atoms with van der Waals surface area (Å²) in [5, 5.41) is 14.5. The minimum Gasteiger partial charge on any atom is -0.347 e. The van der Waals surface area contributed by atoms with Crippen molar-refractivity contribution in [3.05, 3.63) is 83.6 Å².